The molecule has 0 aliphatic carbocycles. The molecule has 2 aliphatic rings. The molecule has 180 valence electrons. The quantitative estimate of drug-likeness (QED) is 0.716. The number of hydrogen-bond acceptors (Lipinski definition) is 5. The summed E-state index contributed by atoms with van der Waals surface area (Å²) in [5.41, 5.74) is 1.73. The van der Waals surface area contributed by atoms with Crippen LogP contribution in [0.5, 0.6) is 0 Å². The first-order valence-corrected chi connectivity index (χ1v) is 13.1. The van der Waals surface area contributed by atoms with Crippen LogP contribution in [0, 0.1) is 11.2 Å². The van der Waals surface area contributed by atoms with E-state index in [-0.39, 0.29) is 17.8 Å². The van der Waals surface area contributed by atoms with Gasteiger partial charge in [0.1, 0.15) is 17.3 Å². The minimum Gasteiger partial charge on any atom is -0.379 e. The van der Waals surface area contributed by atoms with Crippen molar-refractivity contribution in [3.63, 3.8) is 0 Å². The van der Waals surface area contributed by atoms with Crippen molar-refractivity contribution in [3.05, 3.63) is 65.5 Å². The summed E-state index contributed by atoms with van der Waals surface area (Å²) in [6.45, 7) is 9.11. The Labute approximate surface area is 196 Å². The summed E-state index contributed by atoms with van der Waals surface area (Å²) < 4.78 is 43.6. The van der Waals surface area contributed by atoms with Crippen molar-refractivity contribution in [2.45, 2.75) is 45.2 Å². The van der Waals surface area contributed by atoms with Gasteiger partial charge in [0.15, 0.2) is 0 Å². The fourth-order valence-electron chi connectivity index (χ4n) is 4.93. The Balaban J connectivity index is 1.53. The molecular weight excluding hydrogens is 441 g/mol. The molecule has 4 rings (SSSR count). The molecule has 0 amide bonds. The highest BCUT2D eigenvalue weighted by molar-refractivity contribution is 7.89. The van der Waals surface area contributed by atoms with Gasteiger partial charge in [0.25, 0.3) is 0 Å². The molecule has 0 aromatic heterocycles. The summed E-state index contributed by atoms with van der Waals surface area (Å²) in [5, 5.41) is 9.10. The molecule has 2 fully saturated rings. The van der Waals surface area contributed by atoms with E-state index in [1.54, 1.807) is 13.0 Å². The number of aliphatic hydroxyl groups is 1. The van der Waals surface area contributed by atoms with E-state index in [1.165, 1.54) is 10.4 Å². The van der Waals surface area contributed by atoms with Gasteiger partial charge in [-0.15, -0.1) is 0 Å². The van der Waals surface area contributed by atoms with Crippen molar-refractivity contribution in [1.29, 1.82) is 0 Å². The van der Waals surface area contributed by atoms with Gasteiger partial charge in [0.05, 0.1) is 0 Å². The molecule has 6 nitrogen and oxygen atoms in total. The topological polar surface area (TPSA) is 64.1 Å². The van der Waals surface area contributed by atoms with E-state index in [9.17, 15) is 13.5 Å². The Morgan fingerprint density at radius 3 is 2.36 bits per heavy atom. The zero-order valence-electron chi connectivity index (χ0n) is 19.6. The third-order valence-corrected chi connectivity index (χ3v) is 8.96. The van der Waals surface area contributed by atoms with Crippen molar-refractivity contribution >= 4 is 15.7 Å². The second kappa shape index (κ2) is 9.33. The molecule has 1 N–H and O–H groups in total. The van der Waals surface area contributed by atoms with Crippen molar-refractivity contribution < 1.29 is 17.9 Å². The Morgan fingerprint density at radius 1 is 1.09 bits per heavy atom. The Morgan fingerprint density at radius 2 is 1.76 bits per heavy atom. The highest BCUT2D eigenvalue weighted by Gasteiger charge is 2.44. The summed E-state index contributed by atoms with van der Waals surface area (Å²) >= 11 is 0. The van der Waals surface area contributed by atoms with Crippen LogP contribution in [0.3, 0.4) is 0 Å². The molecule has 33 heavy (non-hydrogen) atoms. The first-order chi connectivity index (χ1) is 15.6. The lowest BCUT2D eigenvalue weighted by Gasteiger charge is -2.42. The number of rotatable bonds is 5. The van der Waals surface area contributed by atoms with E-state index in [1.807, 2.05) is 41.3 Å². The maximum atomic E-state index is 15.1. The summed E-state index contributed by atoms with van der Waals surface area (Å²) in [6, 6.07) is 14.4. The molecule has 2 aromatic carbocycles. The summed E-state index contributed by atoms with van der Waals surface area (Å²) in [7, 11) is -3.62. The molecule has 0 saturated carbocycles. The van der Waals surface area contributed by atoms with Crippen molar-refractivity contribution in [3.8, 4) is 0 Å². The molecule has 2 saturated heterocycles. The van der Waals surface area contributed by atoms with Gasteiger partial charge in [-0.2, -0.15) is 4.31 Å². The molecule has 2 heterocycles. The minimum absolute atomic E-state index is 0.0248. The van der Waals surface area contributed by atoms with Crippen molar-refractivity contribution in [2.24, 2.45) is 5.41 Å². The van der Waals surface area contributed by atoms with Crippen LogP contribution in [-0.4, -0.2) is 61.7 Å². The van der Waals surface area contributed by atoms with Crippen LogP contribution in [0.1, 0.15) is 43.6 Å². The number of benzene rings is 2. The average Bonchev–Trinajstić information content (AvgIpc) is 2.78. The third kappa shape index (κ3) is 5.24. The third-order valence-electron chi connectivity index (χ3n) is 6.82. The largest absolute Gasteiger partial charge is 0.379 e. The number of aliphatic hydroxyl groups excluding tert-OH is 1. The molecule has 8 heteroatoms. The van der Waals surface area contributed by atoms with Crippen LogP contribution in [0.15, 0.2) is 48.5 Å². The number of halogens is 1. The fraction of sp³-hybridized carbons (Fsp3) is 0.520. The lowest BCUT2D eigenvalue weighted by Crippen LogP contribution is -2.49. The number of nitrogens with zero attached hydrogens (tertiary/aromatic N) is 3. The van der Waals surface area contributed by atoms with E-state index < -0.39 is 21.5 Å². The summed E-state index contributed by atoms with van der Waals surface area (Å²) in [6.07, 6.45) is 0.0529. The number of piperazine rings is 1. The van der Waals surface area contributed by atoms with Gasteiger partial charge in [-0.1, -0.05) is 50.2 Å². The van der Waals surface area contributed by atoms with Gasteiger partial charge in [-0.3, -0.25) is 4.90 Å². The first kappa shape index (κ1) is 24.1. The van der Waals surface area contributed by atoms with Crippen molar-refractivity contribution in [2.75, 3.05) is 37.6 Å². The lowest BCUT2D eigenvalue weighted by molar-refractivity contribution is 0.0153. The highest BCUT2D eigenvalue weighted by Crippen LogP contribution is 2.43. The maximum Gasteiger partial charge on any atom is 0.221 e. The average molecular weight is 476 g/mol. The van der Waals surface area contributed by atoms with Gasteiger partial charge in [0.2, 0.25) is 10.0 Å². The molecule has 0 bridgehead atoms. The second-order valence-electron chi connectivity index (χ2n) is 10.0. The van der Waals surface area contributed by atoms with Gasteiger partial charge in [-0.25, -0.2) is 12.8 Å². The first-order valence-electron chi connectivity index (χ1n) is 11.6. The Bertz CT molecular complexity index is 1070. The van der Waals surface area contributed by atoms with Gasteiger partial charge in [0, 0.05) is 50.5 Å². The monoisotopic (exact) mass is 475 g/mol. The number of anilines is 1. The fourth-order valence-corrected chi connectivity index (χ4v) is 7.30. The molecule has 2 unspecified atom stereocenters. The lowest BCUT2D eigenvalue weighted by atomic mass is 9.85. The van der Waals surface area contributed by atoms with Gasteiger partial charge < -0.3 is 10.0 Å². The zero-order valence-corrected chi connectivity index (χ0v) is 20.4. The van der Waals surface area contributed by atoms with Crippen LogP contribution in [0.2, 0.25) is 0 Å². The van der Waals surface area contributed by atoms with E-state index in [0.29, 0.717) is 44.7 Å². The molecule has 0 spiro atoms. The maximum absolute atomic E-state index is 15.1. The van der Waals surface area contributed by atoms with Crippen LogP contribution in [-0.2, 0) is 16.6 Å². The van der Waals surface area contributed by atoms with Crippen LogP contribution in [0.25, 0.3) is 0 Å². The normalized spacial score (nSPS) is 24.5. The minimum atomic E-state index is -3.62. The van der Waals surface area contributed by atoms with Crippen molar-refractivity contribution in [1.82, 2.24) is 9.21 Å². The summed E-state index contributed by atoms with van der Waals surface area (Å²) in [4.78, 5) is 4.07. The number of hydrogen-bond donors (Lipinski definition) is 1. The Hall–Kier alpha value is -2.00. The van der Waals surface area contributed by atoms with E-state index in [4.69, 9.17) is 0 Å². The molecule has 0 radical (unpaired) electrons. The van der Waals surface area contributed by atoms with E-state index >= 15 is 4.39 Å². The standard InChI is InChI=1S/C25H34FN3O3S/c1-19(30)27-11-13-28(14-12-27)22-10-9-21(23(26)15-22)17-29-18-25(2,3)16-24(33(29,31)32)20-7-5-4-6-8-20/h4-10,15,19,24,30H,11-14,16-18H2,1-3H3. The predicted octanol–water partition coefficient (Wildman–Crippen LogP) is 3.59. The number of sulfonamides is 1. The SMILES string of the molecule is CC(O)N1CCN(c2ccc(CN3CC(C)(C)CC(c4ccccc4)S3(=O)=O)c(F)c2)CC1. The molecule has 2 aromatic rings. The van der Waals surface area contributed by atoms with Crippen LogP contribution >= 0.6 is 0 Å². The molecular formula is C25H34FN3O3S. The summed E-state index contributed by atoms with van der Waals surface area (Å²) in [5.74, 6) is -0.389. The molecule has 2 atom stereocenters. The zero-order chi connectivity index (χ0) is 23.8. The predicted molar refractivity (Wildman–Crippen MR) is 129 cm³/mol. The second-order valence-corrected chi connectivity index (χ2v) is 12.1. The van der Waals surface area contributed by atoms with Crippen LogP contribution < -0.4 is 4.90 Å². The Kier molecular flexibility index (Phi) is 6.82. The smallest absolute Gasteiger partial charge is 0.221 e. The van der Waals surface area contributed by atoms with Crippen LogP contribution in [0.4, 0.5) is 10.1 Å². The highest BCUT2D eigenvalue weighted by atomic mass is 32.2. The molecule has 2 aliphatic heterocycles. The van der Waals surface area contributed by atoms with Gasteiger partial charge >= 0.3 is 0 Å². The van der Waals surface area contributed by atoms with E-state index in [2.05, 4.69) is 18.7 Å². The van der Waals surface area contributed by atoms with E-state index in [0.717, 1.165) is 11.3 Å². The van der Waals surface area contributed by atoms with Gasteiger partial charge in [-0.05, 0) is 36.5 Å².